The van der Waals surface area contributed by atoms with Crippen LogP contribution >= 0.6 is 0 Å². The monoisotopic (exact) mass is 577 g/mol. The summed E-state index contributed by atoms with van der Waals surface area (Å²) < 4.78 is 6.20. The molecule has 3 heteroatoms. The molecule has 236 valence electrons. The molecule has 3 nitrogen and oxygen atoms in total. The van der Waals surface area contributed by atoms with Crippen molar-refractivity contribution in [3.05, 3.63) is 53.6 Å². The molecule has 0 spiro atoms. The van der Waals surface area contributed by atoms with E-state index in [1.54, 1.807) is 0 Å². The molecule has 1 aliphatic rings. The quantitative estimate of drug-likeness (QED) is 0.117. The molecule has 1 aliphatic carbocycles. The lowest BCUT2D eigenvalue weighted by molar-refractivity contribution is 0.198. The van der Waals surface area contributed by atoms with Crippen molar-refractivity contribution in [3.8, 4) is 5.75 Å². The van der Waals surface area contributed by atoms with E-state index in [9.17, 15) is 0 Å². The van der Waals surface area contributed by atoms with Gasteiger partial charge in [-0.05, 0) is 80.5 Å². The second-order valence-electron chi connectivity index (χ2n) is 13.3. The summed E-state index contributed by atoms with van der Waals surface area (Å²) in [4.78, 5) is 9.59. The fourth-order valence-electron chi connectivity index (χ4n) is 6.54. The summed E-state index contributed by atoms with van der Waals surface area (Å²) in [6.45, 7) is 5.41. The summed E-state index contributed by atoms with van der Waals surface area (Å²) in [6.07, 6.45) is 36.2. The second-order valence-corrected chi connectivity index (χ2v) is 13.3. The van der Waals surface area contributed by atoms with Crippen LogP contribution in [0.2, 0.25) is 0 Å². The van der Waals surface area contributed by atoms with Gasteiger partial charge in [-0.2, -0.15) is 0 Å². The zero-order chi connectivity index (χ0) is 29.5. The van der Waals surface area contributed by atoms with Crippen molar-refractivity contribution < 1.29 is 4.74 Å². The highest BCUT2D eigenvalue weighted by Gasteiger charge is 2.24. The van der Waals surface area contributed by atoms with E-state index < -0.39 is 0 Å². The van der Waals surface area contributed by atoms with Crippen molar-refractivity contribution in [1.82, 2.24) is 9.97 Å². The average Bonchev–Trinajstić information content (AvgIpc) is 3.03. The van der Waals surface area contributed by atoms with Crippen LogP contribution in [0, 0.1) is 5.92 Å². The Bertz CT molecular complexity index is 886. The molecule has 1 heterocycles. The van der Waals surface area contributed by atoms with Crippen LogP contribution in [0.15, 0.2) is 36.7 Å². The molecule has 0 unspecified atom stereocenters. The van der Waals surface area contributed by atoms with Crippen LogP contribution in [0.5, 0.6) is 5.75 Å². The Morgan fingerprint density at radius 3 is 1.50 bits per heavy atom. The minimum absolute atomic E-state index is 0.517. The van der Waals surface area contributed by atoms with Gasteiger partial charge in [0.2, 0.25) is 0 Å². The van der Waals surface area contributed by atoms with Crippen molar-refractivity contribution in [1.29, 1.82) is 0 Å². The fourth-order valence-corrected chi connectivity index (χ4v) is 6.54. The van der Waals surface area contributed by atoms with E-state index in [4.69, 9.17) is 14.7 Å². The number of rotatable bonds is 24. The highest BCUT2D eigenvalue weighted by Crippen LogP contribution is 2.34. The average molecular weight is 577 g/mol. The smallest absolute Gasteiger partial charge is 0.131 e. The van der Waals surface area contributed by atoms with E-state index in [1.807, 2.05) is 0 Å². The van der Waals surface area contributed by atoms with Gasteiger partial charge in [-0.15, -0.1) is 0 Å². The third-order valence-corrected chi connectivity index (χ3v) is 9.48. The summed E-state index contributed by atoms with van der Waals surface area (Å²) in [6, 6.07) is 8.89. The molecule has 1 aromatic carbocycles. The van der Waals surface area contributed by atoms with Gasteiger partial charge in [0.1, 0.15) is 11.6 Å². The number of hydrogen-bond donors (Lipinski definition) is 0. The number of nitrogens with zero attached hydrogens (tertiary/aromatic N) is 2. The Morgan fingerprint density at radius 1 is 0.548 bits per heavy atom. The predicted octanol–water partition coefficient (Wildman–Crippen LogP) is 12.0. The first-order valence-corrected chi connectivity index (χ1v) is 18.3. The third-order valence-electron chi connectivity index (χ3n) is 9.48. The maximum atomic E-state index is 6.20. The summed E-state index contributed by atoms with van der Waals surface area (Å²) in [5, 5.41) is 0. The van der Waals surface area contributed by atoms with Gasteiger partial charge >= 0.3 is 0 Å². The number of hydrogen-bond acceptors (Lipinski definition) is 3. The summed E-state index contributed by atoms with van der Waals surface area (Å²) in [7, 11) is 0. The minimum atomic E-state index is 0.517. The predicted molar refractivity (Wildman–Crippen MR) is 181 cm³/mol. The summed E-state index contributed by atoms with van der Waals surface area (Å²) in [5.74, 6) is 3.25. The molecule has 0 bridgehead atoms. The second kappa shape index (κ2) is 22.6. The number of unbranched alkanes of at least 4 members (excludes halogenated alkanes) is 16. The van der Waals surface area contributed by atoms with E-state index in [0.717, 1.165) is 24.6 Å². The lowest BCUT2D eigenvalue weighted by atomic mass is 9.82. The van der Waals surface area contributed by atoms with Crippen LogP contribution in [0.25, 0.3) is 0 Å². The molecule has 0 saturated heterocycles. The lowest BCUT2D eigenvalue weighted by Crippen LogP contribution is -2.20. The topological polar surface area (TPSA) is 35.0 Å². The van der Waals surface area contributed by atoms with Gasteiger partial charge in [-0.1, -0.05) is 129 Å². The molecule has 1 fully saturated rings. The van der Waals surface area contributed by atoms with Crippen LogP contribution in [0.3, 0.4) is 0 Å². The molecule has 0 aliphatic heterocycles. The van der Waals surface area contributed by atoms with Crippen molar-refractivity contribution in [2.75, 3.05) is 6.61 Å². The molecule has 42 heavy (non-hydrogen) atoms. The van der Waals surface area contributed by atoms with Crippen LogP contribution in [0.1, 0.15) is 178 Å². The first-order chi connectivity index (χ1) is 20.8. The van der Waals surface area contributed by atoms with Gasteiger partial charge in [0.25, 0.3) is 0 Å². The van der Waals surface area contributed by atoms with Gasteiger partial charge < -0.3 is 4.74 Å². The Labute approximate surface area is 260 Å². The normalized spacial score (nSPS) is 17.0. The lowest BCUT2D eigenvalue weighted by Gasteiger charge is -2.27. The molecular formula is C39H64N2O. The number of ether oxygens (including phenoxy) is 1. The number of aryl methyl sites for hydroxylation is 2. The van der Waals surface area contributed by atoms with E-state index in [0.29, 0.717) is 11.8 Å². The molecule has 3 rings (SSSR count). The Balaban J connectivity index is 1.21. The number of aromatic nitrogens is 2. The highest BCUT2D eigenvalue weighted by molar-refractivity contribution is 5.27. The summed E-state index contributed by atoms with van der Waals surface area (Å²) >= 11 is 0. The zero-order valence-electron chi connectivity index (χ0n) is 27.6. The molecule has 0 atom stereocenters. The standard InChI is InChI=1S/C39H64N2O/c1-3-5-7-9-11-13-14-16-18-20-22-36-31-40-39(41-32-36)37-27-23-35(24-28-37)33-42-38-29-25-34(26-30-38)21-19-17-15-12-10-8-6-4-2/h25-26,29-32,35,37H,3-24,27-28,33H2,1-2H3/t35-,37-. The van der Waals surface area contributed by atoms with Gasteiger partial charge in [0.05, 0.1) is 6.61 Å². The first kappa shape index (κ1) is 34.6. The van der Waals surface area contributed by atoms with Crippen molar-refractivity contribution >= 4 is 0 Å². The van der Waals surface area contributed by atoms with Gasteiger partial charge in [-0.25, -0.2) is 9.97 Å². The molecule has 0 N–H and O–H groups in total. The van der Waals surface area contributed by atoms with Crippen LogP contribution < -0.4 is 4.74 Å². The first-order valence-electron chi connectivity index (χ1n) is 18.3. The molecule has 0 radical (unpaired) electrons. The van der Waals surface area contributed by atoms with Gasteiger partial charge in [0, 0.05) is 18.3 Å². The van der Waals surface area contributed by atoms with Crippen molar-refractivity contribution in [3.63, 3.8) is 0 Å². The Morgan fingerprint density at radius 2 is 1.00 bits per heavy atom. The van der Waals surface area contributed by atoms with Crippen LogP contribution in [-0.4, -0.2) is 16.6 Å². The molecular weight excluding hydrogens is 512 g/mol. The van der Waals surface area contributed by atoms with Crippen molar-refractivity contribution in [2.45, 2.75) is 174 Å². The Hall–Kier alpha value is -1.90. The van der Waals surface area contributed by atoms with E-state index in [1.165, 1.54) is 159 Å². The maximum absolute atomic E-state index is 6.20. The molecule has 1 saturated carbocycles. The fraction of sp³-hybridized carbons (Fsp3) is 0.744. The molecule has 1 aromatic heterocycles. The van der Waals surface area contributed by atoms with Gasteiger partial charge in [0.15, 0.2) is 0 Å². The molecule has 0 amide bonds. The third kappa shape index (κ3) is 15.0. The van der Waals surface area contributed by atoms with E-state index in [-0.39, 0.29) is 0 Å². The zero-order valence-corrected chi connectivity index (χ0v) is 27.6. The minimum Gasteiger partial charge on any atom is -0.493 e. The number of benzene rings is 1. The Kier molecular flexibility index (Phi) is 18.6. The van der Waals surface area contributed by atoms with E-state index >= 15 is 0 Å². The highest BCUT2D eigenvalue weighted by atomic mass is 16.5. The van der Waals surface area contributed by atoms with Crippen LogP contribution in [0.4, 0.5) is 0 Å². The maximum Gasteiger partial charge on any atom is 0.131 e. The van der Waals surface area contributed by atoms with Crippen molar-refractivity contribution in [2.24, 2.45) is 5.92 Å². The largest absolute Gasteiger partial charge is 0.493 e. The SMILES string of the molecule is CCCCCCCCCCCCc1cnc([C@H]2CC[C@H](COc3ccc(CCCCCCCCCC)cc3)CC2)nc1. The summed E-state index contributed by atoms with van der Waals surface area (Å²) in [5.41, 5.74) is 2.76. The molecule has 2 aromatic rings. The van der Waals surface area contributed by atoms with Crippen LogP contribution in [-0.2, 0) is 12.8 Å². The van der Waals surface area contributed by atoms with Gasteiger partial charge in [-0.3, -0.25) is 0 Å². The van der Waals surface area contributed by atoms with E-state index in [2.05, 4.69) is 50.5 Å².